The van der Waals surface area contributed by atoms with Gasteiger partial charge in [-0.05, 0) is 38.0 Å². The zero-order chi connectivity index (χ0) is 7.94. The highest BCUT2D eigenvalue weighted by molar-refractivity contribution is 5.15. The highest BCUT2D eigenvalue weighted by atomic mass is 16.5. The Bertz CT molecular complexity index is 161. The van der Waals surface area contributed by atoms with Gasteiger partial charge in [0.1, 0.15) is 5.76 Å². The summed E-state index contributed by atoms with van der Waals surface area (Å²) in [5.74, 6) is 1.00. The van der Waals surface area contributed by atoms with Crippen molar-refractivity contribution in [3.05, 3.63) is 24.0 Å². The van der Waals surface area contributed by atoms with E-state index >= 15 is 0 Å². The first-order valence-corrected chi connectivity index (χ1v) is 4.13. The monoisotopic (exact) mass is 153 g/mol. The summed E-state index contributed by atoms with van der Waals surface area (Å²) in [5, 5.41) is 0. The van der Waals surface area contributed by atoms with Crippen LogP contribution in [0.4, 0.5) is 0 Å². The van der Waals surface area contributed by atoms with E-state index in [4.69, 9.17) is 10.5 Å². The maximum absolute atomic E-state index is 5.42. The molecule has 0 radical (unpaired) electrons. The molecule has 0 aromatic carbocycles. The van der Waals surface area contributed by atoms with E-state index in [1.54, 1.807) is 0 Å². The Morgan fingerprint density at radius 3 is 3.00 bits per heavy atom. The molecule has 0 saturated heterocycles. The van der Waals surface area contributed by atoms with Crippen LogP contribution >= 0.6 is 0 Å². The second-order valence-corrected chi connectivity index (χ2v) is 2.58. The summed E-state index contributed by atoms with van der Waals surface area (Å²) in [6.07, 6.45) is 9.47. The van der Waals surface area contributed by atoms with Gasteiger partial charge in [0.05, 0.1) is 6.61 Å². The molecule has 0 saturated carbocycles. The predicted octanol–water partition coefficient (Wildman–Crippen LogP) is 1.59. The lowest BCUT2D eigenvalue weighted by Gasteiger charge is -2.08. The SMILES string of the molecule is NCCCOC1=CCCC=C1. The van der Waals surface area contributed by atoms with Crippen molar-refractivity contribution in [3.63, 3.8) is 0 Å². The summed E-state index contributed by atoms with van der Waals surface area (Å²) in [4.78, 5) is 0. The number of nitrogens with two attached hydrogens (primary N) is 1. The van der Waals surface area contributed by atoms with Crippen LogP contribution in [0.5, 0.6) is 0 Å². The van der Waals surface area contributed by atoms with Crippen LogP contribution in [0.25, 0.3) is 0 Å². The molecule has 0 aromatic rings. The first-order chi connectivity index (χ1) is 5.43. The van der Waals surface area contributed by atoms with Crippen molar-refractivity contribution in [2.75, 3.05) is 13.2 Å². The maximum atomic E-state index is 5.42. The molecule has 1 aliphatic rings. The molecule has 0 aromatic heterocycles. The van der Waals surface area contributed by atoms with Gasteiger partial charge in [-0.25, -0.2) is 0 Å². The molecule has 2 N–H and O–H groups in total. The summed E-state index contributed by atoms with van der Waals surface area (Å²) >= 11 is 0. The molecule has 2 nitrogen and oxygen atoms in total. The fourth-order valence-electron chi connectivity index (χ4n) is 0.970. The lowest BCUT2D eigenvalue weighted by atomic mass is 10.2. The van der Waals surface area contributed by atoms with Crippen molar-refractivity contribution in [3.8, 4) is 0 Å². The van der Waals surface area contributed by atoms with E-state index in [0.29, 0.717) is 6.54 Å². The Kier molecular flexibility index (Phi) is 3.76. The average molecular weight is 153 g/mol. The Morgan fingerprint density at radius 1 is 1.45 bits per heavy atom. The third-order valence-corrected chi connectivity index (χ3v) is 1.58. The lowest BCUT2D eigenvalue weighted by molar-refractivity contribution is 0.220. The third-order valence-electron chi connectivity index (χ3n) is 1.58. The Balaban J connectivity index is 2.15. The molecule has 1 aliphatic carbocycles. The summed E-state index contributed by atoms with van der Waals surface area (Å²) in [5.41, 5.74) is 5.33. The van der Waals surface area contributed by atoms with E-state index in [1.165, 1.54) is 0 Å². The van der Waals surface area contributed by atoms with Crippen molar-refractivity contribution < 1.29 is 4.74 Å². The average Bonchev–Trinajstić information content (AvgIpc) is 2.07. The van der Waals surface area contributed by atoms with Crippen molar-refractivity contribution in [1.29, 1.82) is 0 Å². The minimum Gasteiger partial charge on any atom is -0.494 e. The molecule has 0 amide bonds. The minimum absolute atomic E-state index is 0.705. The fraction of sp³-hybridized carbons (Fsp3) is 0.556. The summed E-state index contributed by atoms with van der Waals surface area (Å²) in [7, 11) is 0. The number of ether oxygens (including phenoxy) is 1. The van der Waals surface area contributed by atoms with Gasteiger partial charge in [0, 0.05) is 0 Å². The van der Waals surface area contributed by atoms with Gasteiger partial charge in [-0.1, -0.05) is 6.08 Å². The Labute approximate surface area is 67.7 Å². The van der Waals surface area contributed by atoms with Crippen LogP contribution in [-0.2, 0) is 4.74 Å². The molecule has 0 bridgehead atoms. The van der Waals surface area contributed by atoms with Crippen LogP contribution in [0, 0.1) is 0 Å². The van der Waals surface area contributed by atoms with E-state index < -0.39 is 0 Å². The molecule has 0 aliphatic heterocycles. The van der Waals surface area contributed by atoms with Gasteiger partial charge >= 0.3 is 0 Å². The maximum Gasteiger partial charge on any atom is 0.115 e. The smallest absolute Gasteiger partial charge is 0.115 e. The van der Waals surface area contributed by atoms with E-state index in [-0.39, 0.29) is 0 Å². The quantitative estimate of drug-likeness (QED) is 0.622. The first kappa shape index (κ1) is 8.34. The summed E-state index contributed by atoms with van der Waals surface area (Å²) in [6, 6.07) is 0. The van der Waals surface area contributed by atoms with Gasteiger partial charge in [-0.3, -0.25) is 0 Å². The van der Waals surface area contributed by atoms with Crippen LogP contribution in [-0.4, -0.2) is 13.2 Å². The Hall–Kier alpha value is -0.760. The van der Waals surface area contributed by atoms with Gasteiger partial charge < -0.3 is 10.5 Å². The zero-order valence-corrected chi connectivity index (χ0v) is 6.75. The van der Waals surface area contributed by atoms with E-state index in [2.05, 4.69) is 12.2 Å². The van der Waals surface area contributed by atoms with Crippen LogP contribution in [0.3, 0.4) is 0 Å². The predicted molar refractivity (Wildman–Crippen MR) is 46.1 cm³/mol. The van der Waals surface area contributed by atoms with Gasteiger partial charge in [-0.2, -0.15) is 0 Å². The van der Waals surface area contributed by atoms with Crippen molar-refractivity contribution >= 4 is 0 Å². The molecule has 0 atom stereocenters. The van der Waals surface area contributed by atoms with Crippen LogP contribution < -0.4 is 5.73 Å². The molecule has 0 fully saturated rings. The van der Waals surface area contributed by atoms with Crippen LogP contribution in [0.1, 0.15) is 19.3 Å². The minimum atomic E-state index is 0.705. The largest absolute Gasteiger partial charge is 0.494 e. The van der Waals surface area contributed by atoms with E-state index in [0.717, 1.165) is 31.6 Å². The van der Waals surface area contributed by atoms with Gasteiger partial charge in [0.15, 0.2) is 0 Å². The molecular formula is C9H15NO. The number of hydrogen-bond acceptors (Lipinski definition) is 2. The molecule has 2 heteroatoms. The highest BCUT2D eigenvalue weighted by Crippen LogP contribution is 2.10. The van der Waals surface area contributed by atoms with Crippen molar-refractivity contribution in [2.45, 2.75) is 19.3 Å². The van der Waals surface area contributed by atoms with Gasteiger partial charge in [-0.15, -0.1) is 0 Å². The molecular weight excluding hydrogens is 138 g/mol. The molecule has 0 unspecified atom stereocenters. The van der Waals surface area contributed by atoms with Crippen LogP contribution in [0.2, 0.25) is 0 Å². The first-order valence-electron chi connectivity index (χ1n) is 4.13. The zero-order valence-electron chi connectivity index (χ0n) is 6.75. The standard InChI is InChI=1S/C9H15NO/c10-7-4-8-11-9-5-2-1-3-6-9/h2,5-6H,1,3-4,7-8,10H2. The van der Waals surface area contributed by atoms with E-state index in [9.17, 15) is 0 Å². The number of rotatable bonds is 4. The van der Waals surface area contributed by atoms with Crippen molar-refractivity contribution in [2.24, 2.45) is 5.73 Å². The highest BCUT2D eigenvalue weighted by Gasteiger charge is 1.96. The molecule has 0 heterocycles. The van der Waals surface area contributed by atoms with Crippen molar-refractivity contribution in [1.82, 2.24) is 0 Å². The lowest BCUT2D eigenvalue weighted by Crippen LogP contribution is -2.04. The summed E-state index contributed by atoms with van der Waals surface area (Å²) in [6.45, 7) is 1.45. The third kappa shape index (κ3) is 3.23. The van der Waals surface area contributed by atoms with E-state index in [1.807, 2.05) is 6.08 Å². The van der Waals surface area contributed by atoms with Crippen LogP contribution in [0.15, 0.2) is 24.0 Å². The number of allylic oxidation sites excluding steroid dienone is 3. The molecule has 11 heavy (non-hydrogen) atoms. The molecule has 1 rings (SSSR count). The summed E-state index contributed by atoms with van der Waals surface area (Å²) < 4.78 is 5.42. The number of hydrogen-bond donors (Lipinski definition) is 1. The second kappa shape index (κ2) is 4.97. The second-order valence-electron chi connectivity index (χ2n) is 2.58. The van der Waals surface area contributed by atoms with Gasteiger partial charge in [0.25, 0.3) is 0 Å². The fourth-order valence-corrected chi connectivity index (χ4v) is 0.970. The van der Waals surface area contributed by atoms with Gasteiger partial charge in [0.2, 0.25) is 0 Å². The Morgan fingerprint density at radius 2 is 2.36 bits per heavy atom. The normalized spacial score (nSPS) is 16.3. The molecule has 62 valence electrons. The molecule has 0 spiro atoms. The topological polar surface area (TPSA) is 35.2 Å².